The summed E-state index contributed by atoms with van der Waals surface area (Å²) in [5.74, 6) is 1.87. The molecule has 0 saturated carbocycles. The predicted octanol–water partition coefficient (Wildman–Crippen LogP) is 4.26. The quantitative estimate of drug-likeness (QED) is 0.704. The average Bonchev–Trinajstić information content (AvgIpc) is 3.13. The van der Waals surface area contributed by atoms with Gasteiger partial charge in [-0.25, -0.2) is 0 Å². The Morgan fingerprint density at radius 2 is 2.24 bits per heavy atom. The smallest absolute Gasteiger partial charge is 0.264 e. The number of ether oxygens (including phenoxy) is 1. The van der Waals surface area contributed by atoms with E-state index in [1.165, 1.54) is 4.88 Å². The molecule has 0 unspecified atom stereocenters. The molecular weight excluding hydrogens is 308 g/mol. The second-order valence-corrected chi connectivity index (χ2v) is 6.00. The van der Waals surface area contributed by atoms with Gasteiger partial charge < -0.3 is 9.26 Å². The van der Waals surface area contributed by atoms with E-state index in [0.717, 1.165) is 16.3 Å². The number of hydrogen-bond acceptors (Lipinski definition) is 5. The van der Waals surface area contributed by atoms with Crippen molar-refractivity contribution in [2.75, 3.05) is 0 Å². The van der Waals surface area contributed by atoms with Gasteiger partial charge in [-0.1, -0.05) is 22.8 Å². The monoisotopic (exact) mass is 320 g/mol. The average molecular weight is 321 g/mol. The summed E-state index contributed by atoms with van der Waals surface area (Å²) in [6, 6.07) is 9.56. The maximum Gasteiger partial charge on any atom is 0.264 e. The Morgan fingerprint density at radius 1 is 1.33 bits per heavy atom. The Bertz CT molecular complexity index is 725. The maximum atomic E-state index is 5.97. The maximum absolute atomic E-state index is 5.97. The van der Waals surface area contributed by atoms with E-state index < -0.39 is 0 Å². The van der Waals surface area contributed by atoms with Gasteiger partial charge in [-0.2, -0.15) is 4.98 Å². The molecule has 0 amide bonds. The van der Waals surface area contributed by atoms with Gasteiger partial charge in [-0.05, 0) is 42.1 Å². The van der Waals surface area contributed by atoms with Crippen LogP contribution in [0.5, 0.6) is 5.75 Å². The highest BCUT2D eigenvalue weighted by Gasteiger charge is 2.08. The highest BCUT2D eigenvalue weighted by molar-refractivity contribution is 7.09. The molecule has 3 aromatic rings. The third-order valence-corrected chi connectivity index (χ3v) is 4.21. The Balaban J connectivity index is 1.60. The third kappa shape index (κ3) is 3.62. The molecule has 0 aliphatic heterocycles. The van der Waals surface area contributed by atoms with E-state index in [9.17, 15) is 0 Å². The lowest BCUT2D eigenvalue weighted by molar-refractivity contribution is 0.242. The van der Waals surface area contributed by atoms with Crippen LogP contribution in [-0.4, -0.2) is 10.1 Å². The SMILES string of the molecule is Cc1cc(OCc2nc(Cc3cccs3)no2)ccc1Cl. The molecule has 108 valence electrons. The summed E-state index contributed by atoms with van der Waals surface area (Å²) in [6.07, 6.45) is 0.682. The van der Waals surface area contributed by atoms with E-state index in [-0.39, 0.29) is 6.61 Å². The summed E-state index contributed by atoms with van der Waals surface area (Å²) in [5, 5.41) is 6.71. The first-order valence-corrected chi connectivity index (χ1v) is 7.69. The predicted molar refractivity (Wildman–Crippen MR) is 81.9 cm³/mol. The molecule has 0 aliphatic carbocycles. The summed E-state index contributed by atoms with van der Waals surface area (Å²) in [4.78, 5) is 5.52. The highest BCUT2D eigenvalue weighted by Crippen LogP contribution is 2.21. The van der Waals surface area contributed by atoms with Crippen molar-refractivity contribution in [1.82, 2.24) is 10.1 Å². The van der Waals surface area contributed by atoms with E-state index >= 15 is 0 Å². The topological polar surface area (TPSA) is 48.2 Å². The fourth-order valence-electron chi connectivity index (χ4n) is 1.84. The lowest BCUT2D eigenvalue weighted by Crippen LogP contribution is -1.96. The molecule has 2 aromatic heterocycles. The number of hydrogen-bond donors (Lipinski definition) is 0. The van der Waals surface area contributed by atoms with Crippen LogP contribution in [0.3, 0.4) is 0 Å². The number of aryl methyl sites for hydroxylation is 1. The minimum Gasteiger partial charge on any atom is -0.484 e. The molecule has 0 spiro atoms. The van der Waals surface area contributed by atoms with Gasteiger partial charge in [0.2, 0.25) is 0 Å². The minimum atomic E-state index is 0.249. The van der Waals surface area contributed by atoms with Gasteiger partial charge in [-0.3, -0.25) is 0 Å². The Labute approximate surface area is 131 Å². The Morgan fingerprint density at radius 3 is 3.00 bits per heavy atom. The first-order chi connectivity index (χ1) is 10.2. The van der Waals surface area contributed by atoms with Crippen LogP contribution >= 0.6 is 22.9 Å². The van der Waals surface area contributed by atoms with Crippen molar-refractivity contribution in [3.63, 3.8) is 0 Å². The molecule has 1 aromatic carbocycles. The van der Waals surface area contributed by atoms with E-state index in [1.54, 1.807) is 11.3 Å². The van der Waals surface area contributed by atoms with E-state index in [0.29, 0.717) is 18.1 Å². The van der Waals surface area contributed by atoms with Crippen molar-refractivity contribution in [1.29, 1.82) is 0 Å². The highest BCUT2D eigenvalue weighted by atomic mass is 35.5. The van der Waals surface area contributed by atoms with Crippen LogP contribution in [0.1, 0.15) is 22.2 Å². The van der Waals surface area contributed by atoms with Gasteiger partial charge in [0.05, 0.1) is 0 Å². The Hall–Kier alpha value is -1.85. The number of halogens is 1. The van der Waals surface area contributed by atoms with Crippen LogP contribution in [0.2, 0.25) is 5.02 Å². The van der Waals surface area contributed by atoms with Crippen molar-refractivity contribution in [2.45, 2.75) is 20.0 Å². The number of nitrogens with zero attached hydrogens (tertiary/aromatic N) is 2. The summed E-state index contributed by atoms with van der Waals surface area (Å²) >= 11 is 7.65. The number of thiophene rings is 1. The lowest BCUT2D eigenvalue weighted by Gasteiger charge is -2.04. The van der Waals surface area contributed by atoms with Gasteiger partial charge in [0.1, 0.15) is 5.75 Å². The van der Waals surface area contributed by atoms with Crippen LogP contribution in [0.4, 0.5) is 0 Å². The van der Waals surface area contributed by atoms with E-state index in [4.69, 9.17) is 20.9 Å². The first kappa shape index (κ1) is 14.1. The van der Waals surface area contributed by atoms with Gasteiger partial charge in [0.25, 0.3) is 5.89 Å². The summed E-state index contributed by atoms with van der Waals surface area (Å²) in [7, 11) is 0. The molecule has 0 atom stereocenters. The van der Waals surface area contributed by atoms with Gasteiger partial charge in [-0.15, -0.1) is 11.3 Å². The van der Waals surface area contributed by atoms with Gasteiger partial charge in [0.15, 0.2) is 12.4 Å². The van der Waals surface area contributed by atoms with Gasteiger partial charge in [0, 0.05) is 16.3 Å². The Kier molecular flexibility index (Phi) is 4.22. The third-order valence-electron chi connectivity index (χ3n) is 2.91. The summed E-state index contributed by atoms with van der Waals surface area (Å²) < 4.78 is 10.8. The number of benzene rings is 1. The fraction of sp³-hybridized carbons (Fsp3) is 0.200. The molecule has 6 heteroatoms. The molecule has 3 rings (SSSR count). The summed E-state index contributed by atoms with van der Waals surface area (Å²) in [5.41, 5.74) is 0.970. The zero-order chi connectivity index (χ0) is 14.7. The van der Waals surface area contributed by atoms with E-state index in [1.807, 2.05) is 42.6 Å². The number of rotatable bonds is 5. The van der Waals surface area contributed by atoms with Crippen molar-refractivity contribution in [3.05, 3.63) is 62.9 Å². The molecule has 21 heavy (non-hydrogen) atoms. The standard InChI is InChI=1S/C15H13ClN2O2S/c1-10-7-11(4-5-13(10)16)19-9-15-17-14(18-20-15)8-12-3-2-6-21-12/h2-7H,8-9H2,1H3. The molecule has 0 saturated heterocycles. The first-order valence-electron chi connectivity index (χ1n) is 6.43. The molecule has 0 radical (unpaired) electrons. The molecule has 0 bridgehead atoms. The second kappa shape index (κ2) is 6.28. The van der Waals surface area contributed by atoms with Crippen LogP contribution in [0, 0.1) is 6.92 Å². The lowest BCUT2D eigenvalue weighted by atomic mass is 10.2. The van der Waals surface area contributed by atoms with Gasteiger partial charge >= 0.3 is 0 Å². The fourth-order valence-corrected chi connectivity index (χ4v) is 2.66. The van der Waals surface area contributed by atoms with Crippen molar-refractivity contribution in [2.24, 2.45) is 0 Å². The van der Waals surface area contributed by atoms with Crippen molar-refractivity contribution < 1.29 is 9.26 Å². The molecule has 0 N–H and O–H groups in total. The molecule has 2 heterocycles. The second-order valence-electron chi connectivity index (χ2n) is 4.56. The largest absolute Gasteiger partial charge is 0.484 e. The van der Waals surface area contributed by atoms with Crippen LogP contribution in [-0.2, 0) is 13.0 Å². The van der Waals surface area contributed by atoms with Crippen molar-refractivity contribution in [3.8, 4) is 5.75 Å². The minimum absolute atomic E-state index is 0.249. The molecular formula is C15H13ClN2O2S. The van der Waals surface area contributed by atoms with Crippen molar-refractivity contribution >= 4 is 22.9 Å². The number of aromatic nitrogens is 2. The summed E-state index contributed by atoms with van der Waals surface area (Å²) in [6.45, 7) is 2.18. The van der Waals surface area contributed by atoms with Crippen LogP contribution in [0.25, 0.3) is 0 Å². The zero-order valence-electron chi connectivity index (χ0n) is 11.4. The molecule has 0 fully saturated rings. The van der Waals surface area contributed by atoms with Crippen LogP contribution < -0.4 is 4.74 Å². The zero-order valence-corrected chi connectivity index (χ0v) is 12.9. The van der Waals surface area contributed by atoms with E-state index in [2.05, 4.69) is 10.1 Å². The normalized spacial score (nSPS) is 10.8. The molecule has 4 nitrogen and oxygen atoms in total. The van der Waals surface area contributed by atoms with Crippen LogP contribution in [0.15, 0.2) is 40.2 Å². The molecule has 0 aliphatic rings.